The molecule has 2 aromatic heterocycles. The van der Waals surface area contributed by atoms with E-state index in [1.54, 1.807) is 0 Å². The van der Waals surface area contributed by atoms with Crippen LogP contribution in [-0.2, 0) is 0 Å². The van der Waals surface area contributed by atoms with Gasteiger partial charge in [0.15, 0.2) is 23.2 Å². The van der Waals surface area contributed by atoms with Gasteiger partial charge in [0.2, 0.25) is 0 Å². The first-order chi connectivity index (χ1) is 22.3. The summed E-state index contributed by atoms with van der Waals surface area (Å²) in [6.45, 7) is 7.82. The van der Waals surface area contributed by atoms with Crippen molar-refractivity contribution in [2.24, 2.45) is 0 Å². The fourth-order valence-electron chi connectivity index (χ4n) is 5.82. The quantitative estimate of drug-likeness (QED) is 0.191. The summed E-state index contributed by atoms with van der Waals surface area (Å²) in [6.07, 6.45) is 0. The summed E-state index contributed by atoms with van der Waals surface area (Å²) < 4.78 is 6.51. The molecule has 5 heteroatoms. The van der Waals surface area contributed by atoms with Crippen LogP contribution < -0.4 is 0 Å². The molecule has 0 bridgehead atoms. The molecule has 5 nitrogen and oxygen atoms in total. The molecule has 0 aliphatic carbocycles. The number of aromatic nitrogens is 3. The maximum absolute atomic E-state index is 7.82. The van der Waals surface area contributed by atoms with Crippen LogP contribution in [-0.4, -0.2) is 15.0 Å². The molecule has 2 heterocycles. The number of nitrogens with zero attached hydrogens (tertiary/aromatic N) is 4. The highest BCUT2D eigenvalue weighted by Gasteiger charge is 2.19. The predicted octanol–water partition coefficient (Wildman–Crippen LogP) is 10.7. The van der Waals surface area contributed by atoms with Crippen LogP contribution in [0.1, 0.15) is 0 Å². The summed E-state index contributed by atoms with van der Waals surface area (Å²) in [4.78, 5) is 18.4. The number of hydrogen-bond acceptors (Lipinski definition) is 4. The summed E-state index contributed by atoms with van der Waals surface area (Å²) in [6, 6.07) is 48.2. The minimum Gasteiger partial charge on any atom is -0.455 e. The molecule has 0 saturated carbocycles. The summed E-state index contributed by atoms with van der Waals surface area (Å²) >= 11 is 0. The largest absolute Gasteiger partial charge is 0.455 e. The zero-order valence-corrected chi connectivity index (χ0v) is 24.1. The lowest BCUT2D eigenvalue weighted by Crippen LogP contribution is -2.00. The van der Waals surface area contributed by atoms with Crippen molar-refractivity contribution in [1.82, 2.24) is 15.0 Å². The second kappa shape index (κ2) is 11.0. The molecule has 0 unspecified atom stereocenters. The van der Waals surface area contributed by atoms with E-state index in [1.807, 2.05) is 115 Å². The van der Waals surface area contributed by atoms with Crippen LogP contribution in [0.4, 0.5) is 5.69 Å². The molecule has 0 radical (unpaired) electrons. The Morgan fingerprint density at radius 2 is 0.978 bits per heavy atom. The summed E-state index contributed by atoms with van der Waals surface area (Å²) in [5.74, 6) is 1.83. The van der Waals surface area contributed by atoms with E-state index in [2.05, 4.69) is 35.2 Å². The van der Waals surface area contributed by atoms with Gasteiger partial charge in [-0.05, 0) is 28.8 Å². The zero-order valence-electron chi connectivity index (χ0n) is 24.1. The number of para-hydroxylation sites is 2. The van der Waals surface area contributed by atoms with Crippen LogP contribution in [0.25, 0.3) is 83.2 Å². The van der Waals surface area contributed by atoms with Gasteiger partial charge in [0.05, 0.1) is 6.57 Å². The highest BCUT2D eigenvalue weighted by Crippen LogP contribution is 2.44. The molecule has 0 N–H and O–H groups in total. The first kappa shape index (κ1) is 26.3. The van der Waals surface area contributed by atoms with Crippen molar-refractivity contribution in [3.05, 3.63) is 157 Å². The van der Waals surface area contributed by atoms with Gasteiger partial charge in [0.25, 0.3) is 0 Å². The Morgan fingerprint density at radius 1 is 0.444 bits per heavy atom. The van der Waals surface area contributed by atoms with Crippen LogP contribution >= 0.6 is 0 Å². The van der Waals surface area contributed by atoms with E-state index in [9.17, 15) is 0 Å². The first-order valence-electron chi connectivity index (χ1n) is 14.7. The normalized spacial score (nSPS) is 11.1. The Kier molecular flexibility index (Phi) is 6.44. The second-order valence-electron chi connectivity index (χ2n) is 10.7. The van der Waals surface area contributed by atoms with Gasteiger partial charge in [-0.1, -0.05) is 133 Å². The topological polar surface area (TPSA) is 56.2 Å². The SMILES string of the molecule is [C-]#[N+]c1ccccc1-c1ccc2c(oc3ccccc32)c1-c1ccc(-c2nc(-c3ccccc3)nc(-c3ccccc3)n2)cc1. The molecular formula is C40H24N4O. The van der Waals surface area contributed by atoms with Crippen LogP contribution in [0.2, 0.25) is 0 Å². The molecule has 0 aliphatic heterocycles. The Labute approximate surface area is 260 Å². The third-order valence-corrected chi connectivity index (χ3v) is 7.99. The van der Waals surface area contributed by atoms with E-state index in [-0.39, 0.29) is 0 Å². The molecule has 8 aromatic rings. The van der Waals surface area contributed by atoms with Gasteiger partial charge in [-0.15, -0.1) is 0 Å². The molecular weight excluding hydrogens is 552 g/mol. The van der Waals surface area contributed by atoms with E-state index in [0.29, 0.717) is 23.2 Å². The average Bonchev–Trinajstić information content (AvgIpc) is 3.50. The fraction of sp³-hybridized carbons (Fsp3) is 0. The highest BCUT2D eigenvalue weighted by atomic mass is 16.3. The van der Waals surface area contributed by atoms with Crippen molar-refractivity contribution in [3.8, 4) is 56.4 Å². The van der Waals surface area contributed by atoms with Crippen molar-refractivity contribution < 1.29 is 4.42 Å². The lowest BCUT2D eigenvalue weighted by atomic mass is 9.91. The van der Waals surface area contributed by atoms with Crippen molar-refractivity contribution in [3.63, 3.8) is 0 Å². The third-order valence-electron chi connectivity index (χ3n) is 7.99. The maximum atomic E-state index is 7.82. The molecule has 8 rings (SSSR count). The summed E-state index contributed by atoms with van der Waals surface area (Å²) in [5.41, 5.74) is 8.66. The molecule has 0 spiro atoms. The molecule has 6 aromatic carbocycles. The van der Waals surface area contributed by atoms with E-state index in [1.165, 1.54) is 0 Å². The van der Waals surface area contributed by atoms with Crippen molar-refractivity contribution >= 4 is 27.6 Å². The molecule has 0 saturated heterocycles. The minimum atomic E-state index is 0.592. The number of rotatable bonds is 5. The Morgan fingerprint density at radius 3 is 1.62 bits per heavy atom. The van der Waals surface area contributed by atoms with Gasteiger partial charge in [-0.25, -0.2) is 19.8 Å². The van der Waals surface area contributed by atoms with E-state index >= 15 is 0 Å². The second-order valence-corrected chi connectivity index (χ2v) is 10.7. The van der Waals surface area contributed by atoms with Gasteiger partial charge in [0.1, 0.15) is 11.2 Å². The summed E-state index contributed by atoms with van der Waals surface area (Å²) in [7, 11) is 0. The minimum absolute atomic E-state index is 0.592. The lowest BCUT2D eigenvalue weighted by Gasteiger charge is -2.13. The van der Waals surface area contributed by atoms with Crippen LogP contribution in [0, 0.1) is 6.57 Å². The predicted molar refractivity (Wildman–Crippen MR) is 181 cm³/mol. The molecule has 0 atom stereocenters. The smallest absolute Gasteiger partial charge is 0.194 e. The summed E-state index contributed by atoms with van der Waals surface area (Å²) in [5, 5.41) is 2.09. The molecule has 0 fully saturated rings. The van der Waals surface area contributed by atoms with Gasteiger partial charge < -0.3 is 4.42 Å². The van der Waals surface area contributed by atoms with Gasteiger partial charge in [0, 0.05) is 33.0 Å². The fourth-order valence-corrected chi connectivity index (χ4v) is 5.82. The molecule has 0 aliphatic rings. The first-order valence-corrected chi connectivity index (χ1v) is 14.7. The highest BCUT2D eigenvalue weighted by molar-refractivity contribution is 6.13. The van der Waals surface area contributed by atoms with Crippen LogP contribution in [0.3, 0.4) is 0 Å². The number of hydrogen-bond donors (Lipinski definition) is 0. The monoisotopic (exact) mass is 576 g/mol. The van der Waals surface area contributed by atoms with E-state index in [0.717, 1.165) is 60.9 Å². The van der Waals surface area contributed by atoms with Crippen LogP contribution in [0.15, 0.2) is 150 Å². The standard InChI is InChI=1S/C40H24N4O/c1-41-34-18-10-8-16-30(34)32-24-25-33-31-17-9-11-19-35(31)45-37(33)36(32)26-20-22-29(23-21-26)40-43-38(27-12-4-2-5-13-27)42-39(44-40)28-14-6-3-7-15-28/h2-25H. The van der Waals surface area contributed by atoms with Crippen molar-refractivity contribution in [2.75, 3.05) is 0 Å². The number of fused-ring (bicyclic) bond motifs is 3. The molecule has 210 valence electrons. The lowest BCUT2D eigenvalue weighted by molar-refractivity contribution is 0.670. The zero-order chi connectivity index (χ0) is 30.2. The number of benzene rings is 6. The molecule has 0 amide bonds. The van der Waals surface area contributed by atoms with Gasteiger partial charge in [-0.3, -0.25) is 0 Å². The van der Waals surface area contributed by atoms with Crippen molar-refractivity contribution in [2.45, 2.75) is 0 Å². The molecule has 45 heavy (non-hydrogen) atoms. The van der Waals surface area contributed by atoms with E-state index in [4.69, 9.17) is 25.9 Å². The van der Waals surface area contributed by atoms with Crippen LogP contribution in [0.5, 0.6) is 0 Å². The van der Waals surface area contributed by atoms with Gasteiger partial charge >= 0.3 is 0 Å². The maximum Gasteiger partial charge on any atom is 0.194 e. The Balaban J connectivity index is 1.31. The third kappa shape index (κ3) is 4.71. The Bertz CT molecular complexity index is 2310. The van der Waals surface area contributed by atoms with Crippen molar-refractivity contribution in [1.29, 1.82) is 0 Å². The van der Waals surface area contributed by atoms with E-state index < -0.39 is 0 Å². The average molecular weight is 577 g/mol. The number of furan rings is 1. The van der Waals surface area contributed by atoms with Gasteiger partial charge in [-0.2, -0.15) is 0 Å². The Hall–Kier alpha value is -6.38.